The summed E-state index contributed by atoms with van der Waals surface area (Å²) < 4.78 is 11.1. The maximum Gasteiger partial charge on any atom is 0.308 e. The Balaban J connectivity index is 4.92. The third-order valence-electron chi connectivity index (χ3n) is 8.23. The summed E-state index contributed by atoms with van der Waals surface area (Å²) >= 11 is 0. The van der Waals surface area contributed by atoms with Gasteiger partial charge < -0.3 is 35.0 Å². The highest BCUT2D eigenvalue weighted by atomic mass is 16.6. The van der Waals surface area contributed by atoms with E-state index in [9.17, 15) is 39.9 Å². The molecule has 0 aliphatic carbocycles. The van der Waals surface area contributed by atoms with Crippen molar-refractivity contribution in [2.45, 2.75) is 194 Å². The summed E-state index contributed by atoms with van der Waals surface area (Å²) in [5, 5.41) is 50.5. The van der Waals surface area contributed by atoms with Gasteiger partial charge in [0, 0.05) is 0 Å². The molecule has 10 nitrogen and oxygen atoms in total. The van der Waals surface area contributed by atoms with Gasteiger partial charge >= 0.3 is 17.9 Å². The summed E-state index contributed by atoms with van der Waals surface area (Å²) in [5.74, 6) is -0.820. The minimum absolute atomic E-state index is 0.160. The molecule has 0 spiro atoms. The predicted octanol–water partition coefficient (Wildman–Crippen LogP) is 6.33. The maximum atomic E-state index is 12.7. The van der Waals surface area contributed by atoms with Crippen LogP contribution < -0.4 is 0 Å². The lowest BCUT2D eigenvalue weighted by molar-refractivity contribution is -0.158. The second-order valence-electron chi connectivity index (χ2n) is 14.6. The van der Waals surface area contributed by atoms with E-state index < -0.39 is 61.0 Å². The van der Waals surface area contributed by atoms with Gasteiger partial charge in [-0.3, -0.25) is 14.4 Å². The Morgan fingerprint density at radius 3 is 1.17 bits per heavy atom. The second kappa shape index (κ2) is 26.2. The largest absolute Gasteiger partial charge is 0.481 e. The van der Waals surface area contributed by atoms with Gasteiger partial charge in [0.25, 0.3) is 0 Å². The van der Waals surface area contributed by atoms with Crippen LogP contribution in [0.15, 0.2) is 0 Å². The molecule has 0 aromatic heterocycles. The number of aliphatic hydroxyl groups is 4. The number of esters is 2. The fourth-order valence-corrected chi connectivity index (χ4v) is 5.42. The van der Waals surface area contributed by atoms with Crippen LogP contribution in [0.4, 0.5) is 0 Å². The number of carbonyl (C=O) groups excluding carboxylic acids is 2. The van der Waals surface area contributed by atoms with Crippen molar-refractivity contribution in [2.75, 3.05) is 0 Å². The third-order valence-corrected chi connectivity index (χ3v) is 8.23. The summed E-state index contributed by atoms with van der Waals surface area (Å²) in [6.07, 6.45) is 3.75. The molecule has 0 aliphatic heterocycles. The average Bonchev–Trinajstić information content (AvgIpc) is 2.92. The topological polar surface area (TPSA) is 171 Å². The molecule has 0 aromatic carbocycles. The van der Waals surface area contributed by atoms with Gasteiger partial charge in [-0.05, 0) is 82.0 Å². The first kappa shape index (κ1) is 44.2. The first-order chi connectivity index (χ1) is 21.6. The highest BCUT2D eigenvalue weighted by molar-refractivity contribution is 5.72. The predicted molar refractivity (Wildman–Crippen MR) is 179 cm³/mol. The van der Waals surface area contributed by atoms with Crippen LogP contribution in [0.3, 0.4) is 0 Å². The fourth-order valence-electron chi connectivity index (χ4n) is 5.42. The molecule has 6 atom stereocenters. The number of carbonyl (C=O) groups is 3. The van der Waals surface area contributed by atoms with Crippen molar-refractivity contribution in [3.63, 3.8) is 0 Å². The molecule has 0 heterocycles. The van der Waals surface area contributed by atoms with E-state index >= 15 is 0 Å². The van der Waals surface area contributed by atoms with Gasteiger partial charge in [-0.2, -0.15) is 0 Å². The number of hydrogen-bond donors (Lipinski definition) is 5. The van der Waals surface area contributed by atoms with Crippen molar-refractivity contribution in [3.8, 4) is 0 Å². The molecule has 272 valence electrons. The van der Waals surface area contributed by atoms with Crippen LogP contribution in [0.1, 0.15) is 157 Å². The van der Waals surface area contributed by atoms with Crippen LogP contribution in [0, 0.1) is 17.8 Å². The lowest BCUT2D eigenvalue weighted by Crippen LogP contribution is -2.28. The Bertz CT molecular complexity index is 800. The van der Waals surface area contributed by atoms with E-state index in [1.54, 1.807) is 0 Å². The molecule has 0 amide bonds. The molecule has 0 saturated heterocycles. The zero-order valence-electron chi connectivity index (χ0n) is 29.7. The number of aliphatic hydroxyl groups excluding tert-OH is 4. The summed E-state index contributed by atoms with van der Waals surface area (Å²) in [5.41, 5.74) is 0. The number of ether oxygens (including phenoxy) is 2. The SMILES string of the molecule is CC(C)CCCC(O)CCC(O)CC(=O)OC(CCCC(C)C)CCC(CC(=O)O)OC(=O)CC(O)CCC(O)CCCC(C)C. The van der Waals surface area contributed by atoms with E-state index in [2.05, 4.69) is 41.5 Å². The van der Waals surface area contributed by atoms with Crippen molar-refractivity contribution in [1.82, 2.24) is 0 Å². The first-order valence-corrected chi connectivity index (χ1v) is 17.9. The average molecular weight is 661 g/mol. The highest BCUT2D eigenvalue weighted by Gasteiger charge is 2.24. The Labute approximate surface area is 278 Å². The smallest absolute Gasteiger partial charge is 0.308 e. The van der Waals surface area contributed by atoms with Crippen LogP contribution in [-0.2, 0) is 23.9 Å². The van der Waals surface area contributed by atoms with Crippen LogP contribution in [0.25, 0.3) is 0 Å². The van der Waals surface area contributed by atoms with Crippen LogP contribution >= 0.6 is 0 Å². The van der Waals surface area contributed by atoms with E-state index in [-0.39, 0.29) is 38.5 Å². The van der Waals surface area contributed by atoms with Crippen molar-refractivity contribution in [2.24, 2.45) is 17.8 Å². The molecule has 0 fully saturated rings. The molecule has 0 aliphatic rings. The number of carboxylic acid groups (broad SMARTS) is 1. The molecule has 0 bridgehead atoms. The van der Waals surface area contributed by atoms with Crippen molar-refractivity contribution in [1.29, 1.82) is 0 Å². The number of hydrogen-bond acceptors (Lipinski definition) is 9. The summed E-state index contributed by atoms with van der Waals surface area (Å²) in [4.78, 5) is 36.8. The number of aliphatic carboxylic acids is 1. The van der Waals surface area contributed by atoms with Crippen LogP contribution in [-0.4, -0.2) is 80.1 Å². The molecular weight excluding hydrogens is 592 g/mol. The Hall–Kier alpha value is -1.75. The van der Waals surface area contributed by atoms with E-state index in [4.69, 9.17) is 9.47 Å². The van der Waals surface area contributed by atoms with Crippen molar-refractivity contribution < 1.29 is 49.4 Å². The number of rotatable bonds is 29. The molecule has 46 heavy (non-hydrogen) atoms. The lowest BCUT2D eigenvalue weighted by Gasteiger charge is -2.23. The molecule has 10 heteroatoms. The van der Waals surface area contributed by atoms with Gasteiger partial charge in [-0.25, -0.2) is 0 Å². The molecular formula is C36H68O10. The third kappa shape index (κ3) is 27.4. The fraction of sp³-hybridized carbons (Fsp3) is 0.917. The summed E-state index contributed by atoms with van der Waals surface area (Å²) in [6.45, 7) is 12.7. The summed E-state index contributed by atoms with van der Waals surface area (Å²) in [6, 6.07) is 0. The standard InChI is InChI=1S/C36H68O10/c1-25(2)10-7-13-28(37)16-18-30(39)22-35(43)45-32(15-9-12-27(5)6)20-21-33(24-34(41)42)46-36(44)23-31(40)19-17-29(38)14-8-11-26(3)4/h25-33,37-40H,7-24H2,1-6H3,(H,41,42). The second-order valence-corrected chi connectivity index (χ2v) is 14.6. The Morgan fingerprint density at radius 1 is 0.435 bits per heavy atom. The summed E-state index contributed by atoms with van der Waals surface area (Å²) in [7, 11) is 0. The van der Waals surface area contributed by atoms with E-state index in [1.165, 1.54) is 0 Å². The van der Waals surface area contributed by atoms with Gasteiger partial charge in [-0.15, -0.1) is 0 Å². The minimum Gasteiger partial charge on any atom is -0.481 e. The quantitative estimate of drug-likeness (QED) is 0.0571. The first-order valence-electron chi connectivity index (χ1n) is 17.9. The van der Waals surface area contributed by atoms with E-state index in [0.717, 1.165) is 38.5 Å². The molecule has 5 N–H and O–H groups in total. The Morgan fingerprint density at radius 2 is 0.783 bits per heavy atom. The molecule has 0 aromatic rings. The van der Waals surface area contributed by atoms with Gasteiger partial charge in [0.05, 0.1) is 43.7 Å². The van der Waals surface area contributed by atoms with Gasteiger partial charge in [-0.1, -0.05) is 73.6 Å². The monoisotopic (exact) mass is 660 g/mol. The molecule has 0 saturated carbocycles. The lowest BCUT2D eigenvalue weighted by atomic mass is 9.99. The van der Waals surface area contributed by atoms with Crippen LogP contribution in [0.2, 0.25) is 0 Å². The van der Waals surface area contributed by atoms with Crippen molar-refractivity contribution >= 4 is 17.9 Å². The van der Waals surface area contributed by atoms with E-state index in [1.807, 2.05) is 0 Å². The molecule has 0 radical (unpaired) electrons. The zero-order valence-corrected chi connectivity index (χ0v) is 29.7. The van der Waals surface area contributed by atoms with Crippen LogP contribution in [0.5, 0.6) is 0 Å². The zero-order chi connectivity index (χ0) is 35.1. The minimum atomic E-state index is -1.13. The van der Waals surface area contributed by atoms with Gasteiger partial charge in [0.2, 0.25) is 0 Å². The normalized spacial score (nSPS) is 15.8. The van der Waals surface area contributed by atoms with Gasteiger partial charge in [0.1, 0.15) is 12.2 Å². The van der Waals surface area contributed by atoms with Gasteiger partial charge in [0.15, 0.2) is 0 Å². The maximum absolute atomic E-state index is 12.7. The van der Waals surface area contributed by atoms with Crippen molar-refractivity contribution in [3.05, 3.63) is 0 Å². The Kier molecular flexibility index (Phi) is 25.2. The highest BCUT2D eigenvalue weighted by Crippen LogP contribution is 2.21. The molecule has 0 rings (SSSR count). The number of carboxylic acids is 1. The van der Waals surface area contributed by atoms with E-state index in [0.29, 0.717) is 49.9 Å². The molecule has 6 unspecified atom stereocenters.